The SMILES string of the molecule is CCC(C)(C)c1ccc(C(=O)OC(C)C(F)(F)S(=O)(=O)[O-])cc1. The largest absolute Gasteiger partial charge is 0.743 e. The van der Waals surface area contributed by atoms with Gasteiger partial charge in [0.05, 0.1) is 5.56 Å². The van der Waals surface area contributed by atoms with Crippen molar-refractivity contribution in [3.05, 3.63) is 35.4 Å². The number of carbonyl (C=O) groups is 1. The van der Waals surface area contributed by atoms with Crippen LogP contribution in [0.25, 0.3) is 0 Å². The standard InChI is InChI=1S/C15H20F2O5S/c1-5-14(3,4)12-8-6-11(7-9-12)13(18)22-10(2)15(16,17)23(19,20)21/h6-10H,5H2,1-4H3,(H,19,20,21)/p-1. The number of alkyl halides is 2. The van der Waals surface area contributed by atoms with Crippen molar-refractivity contribution in [1.82, 2.24) is 0 Å². The highest BCUT2D eigenvalue weighted by Gasteiger charge is 2.46. The molecule has 0 aliphatic heterocycles. The predicted molar refractivity (Wildman–Crippen MR) is 79.3 cm³/mol. The van der Waals surface area contributed by atoms with E-state index in [4.69, 9.17) is 0 Å². The molecular weight excluding hydrogens is 330 g/mol. The van der Waals surface area contributed by atoms with Crippen LogP contribution in [0.15, 0.2) is 24.3 Å². The van der Waals surface area contributed by atoms with Gasteiger partial charge in [-0.25, -0.2) is 13.2 Å². The zero-order valence-corrected chi connectivity index (χ0v) is 14.1. The van der Waals surface area contributed by atoms with Gasteiger partial charge < -0.3 is 9.29 Å². The second kappa shape index (κ2) is 6.52. The van der Waals surface area contributed by atoms with Gasteiger partial charge in [-0.05, 0) is 36.5 Å². The van der Waals surface area contributed by atoms with Crippen molar-refractivity contribution in [3.63, 3.8) is 0 Å². The van der Waals surface area contributed by atoms with Crippen LogP contribution < -0.4 is 0 Å². The summed E-state index contributed by atoms with van der Waals surface area (Å²) < 4.78 is 62.5. The monoisotopic (exact) mass is 349 g/mol. The Labute approximate surface area is 134 Å². The zero-order valence-electron chi connectivity index (χ0n) is 13.3. The maximum atomic E-state index is 13.3. The molecule has 0 saturated carbocycles. The molecule has 23 heavy (non-hydrogen) atoms. The van der Waals surface area contributed by atoms with E-state index in [-0.39, 0.29) is 11.0 Å². The Morgan fingerprint density at radius 3 is 2.13 bits per heavy atom. The van der Waals surface area contributed by atoms with E-state index in [1.165, 1.54) is 12.1 Å². The van der Waals surface area contributed by atoms with Gasteiger partial charge in [-0.15, -0.1) is 0 Å². The van der Waals surface area contributed by atoms with Crippen LogP contribution in [0.5, 0.6) is 0 Å². The number of rotatable bonds is 6. The Bertz CT molecular complexity index is 666. The van der Waals surface area contributed by atoms with Crippen LogP contribution in [0.1, 0.15) is 50.0 Å². The van der Waals surface area contributed by atoms with Crippen molar-refractivity contribution in [3.8, 4) is 0 Å². The third-order valence-corrected chi connectivity index (χ3v) is 4.87. The van der Waals surface area contributed by atoms with Gasteiger partial charge in [-0.3, -0.25) is 0 Å². The van der Waals surface area contributed by atoms with Crippen LogP contribution in [-0.4, -0.2) is 30.3 Å². The van der Waals surface area contributed by atoms with Crippen LogP contribution in [0, 0.1) is 0 Å². The third kappa shape index (κ3) is 4.26. The van der Waals surface area contributed by atoms with E-state index in [2.05, 4.69) is 4.74 Å². The molecule has 1 rings (SSSR count). The lowest BCUT2D eigenvalue weighted by Gasteiger charge is -2.26. The number of benzene rings is 1. The number of esters is 1. The molecule has 0 spiro atoms. The third-order valence-electron chi connectivity index (χ3n) is 3.88. The fourth-order valence-electron chi connectivity index (χ4n) is 1.76. The number of halogens is 2. The molecule has 0 aromatic heterocycles. The Morgan fingerprint density at radius 2 is 1.74 bits per heavy atom. The lowest BCUT2D eigenvalue weighted by Crippen LogP contribution is -2.42. The molecule has 0 aliphatic rings. The Morgan fingerprint density at radius 1 is 1.26 bits per heavy atom. The minimum Gasteiger partial charge on any atom is -0.743 e. The average molecular weight is 349 g/mol. The molecule has 1 unspecified atom stereocenters. The summed E-state index contributed by atoms with van der Waals surface area (Å²) in [6.45, 7) is 6.70. The molecular formula is C15H19F2O5S-. The fraction of sp³-hybridized carbons (Fsp3) is 0.533. The van der Waals surface area contributed by atoms with Gasteiger partial charge in [0, 0.05) is 0 Å². The smallest absolute Gasteiger partial charge is 0.370 e. The van der Waals surface area contributed by atoms with E-state index >= 15 is 0 Å². The lowest BCUT2D eigenvalue weighted by atomic mass is 9.82. The van der Waals surface area contributed by atoms with Crippen LogP contribution in [-0.2, 0) is 20.3 Å². The molecule has 1 aromatic carbocycles. The summed E-state index contributed by atoms with van der Waals surface area (Å²) in [5.74, 6) is -1.12. The van der Waals surface area contributed by atoms with E-state index in [0.717, 1.165) is 12.0 Å². The van der Waals surface area contributed by atoms with E-state index in [1.54, 1.807) is 12.1 Å². The van der Waals surface area contributed by atoms with Gasteiger partial charge in [0.2, 0.25) is 0 Å². The first kappa shape index (κ1) is 19.5. The second-order valence-corrected chi connectivity index (χ2v) is 7.33. The Kier molecular flexibility index (Phi) is 5.53. The number of hydrogen-bond donors (Lipinski definition) is 0. The molecule has 5 nitrogen and oxygen atoms in total. The minimum atomic E-state index is -5.92. The van der Waals surface area contributed by atoms with Gasteiger partial charge in [0.1, 0.15) is 0 Å². The summed E-state index contributed by atoms with van der Waals surface area (Å²) >= 11 is 0. The highest BCUT2D eigenvalue weighted by atomic mass is 32.2. The molecule has 0 heterocycles. The number of carbonyl (C=O) groups excluding carboxylic acids is 1. The Hall–Kier alpha value is -1.54. The maximum Gasteiger partial charge on any atom is 0.370 e. The summed E-state index contributed by atoms with van der Waals surface area (Å²) in [6, 6.07) is 6.16. The molecule has 1 aromatic rings. The van der Waals surface area contributed by atoms with E-state index in [1.807, 2.05) is 20.8 Å². The van der Waals surface area contributed by atoms with Gasteiger partial charge in [-0.1, -0.05) is 32.9 Å². The summed E-state index contributed by atoms with van der Waals surface area (Å²) in [5.41, 5.74) is 0.836. The van der Waals surface area contributed by atoms with E-state index < -0.39 is 27.4 Å². The fourth-order valence-corrected chi connectivity index (χ4v) is 2.22. The van der Waals surface area contributed by atoms with E-state index in [0.29, 0.717) is 6.92 Å². The molecule has 0 amide bonds. The molecule has 0 saturated heterocycles. The highest BCUT2D eigenvalue weighted by molar-refractivity contribution is 7.86. The van der Waals surface area contributed by atoms with Gasteiger partial charge in [0.15, 0.2) is 16.2 Å². The van der Waals surface area contributed by atoms with Crippen molar-refractivity contribution in [2.75, 3.05) is 0 Å². The quantitative estimate of drug-likeness (QED) is 0.582. The first-order valence-corrected chi connectivity index (χ1v) is 8.38. The van der Waals surface area contributed by atoms with Crippen molar-refractivity contribution in [2.45, 2.75) is 50.9 Å². The molecule has 1 atom stereocenters. The summed E-state index contributed by atoms with van der Waals surface area (Å²) in [7, 11) is -5.92. The summed E-state index contributed by atoms with van der Waals surface area (Å²) in [6.07, 6.45) is -1.52. The lowest BCUT2D eigenvalue weighted by molar-refractivity contribution is -0.0554. The van der Waals surface area contributed by atoms with Gasteiger partial charge in [-0.2, -0.15) is 8.78 Å². The minimum absolute atomic E-state index is 0.00778. The molecule has 130 valence electrons. The van der Waals surface area contributed by atoms with Crippen molar-refractivity contribution < 1.29 is 31.3 Å². The molecule has 0 radical (unpaired) electrons. The van der Waals surface area contributed by atoms with Crippen LogP contribution in [0.4, 0.5) is 8.78 Å². The number of ether oxygens (including phenoxy) is 1. The first-order chi connectivity index (χ1) is 10.3. The summed E-state index contributed by atoms with van der Waals surface area (Å²) in [5, 5.41) is -4.69. The topological polar surface area (TPSA) is 83.5 Å². The predicted octanol–water partition coefficient (Wildman–Crippen LogP) is 3.06. The zero-order chi connectivity index (χ0) is 18.1. The first-order valence-electron chi connectivity index (χ1n) is 6.97. The van der Waals surface area contributed by atoms with Crippen LogP contribution in [0.2, 0.25) is 0 Å². The molecule has 0 fully saturated rings. The molecule has 0 bridgehead atoms. The second-order valence-electron chi connectivity index (χ2n) is 5.88. The van der Waals surface area contributed by atoms with Crippen molar-refractivity contribution >= 4 is 16.1 Å². The highest BCUT2D eigenvalue weighted by Crippen LogP contribution is 2.29. The van der Waals surface area contributed by atoms with Crippen molar-refractivity contribution in [2.24, 2.45) is 0 Å². The van der Waals surface area contributed by atoms with Gasteiger partial charge in [0.25, 0.3) is 0 Å². The van der Waals surface area contributed by atoms with Gasteiger partial charge >= 0.3 is 11.2 Å². The Balaban J connectivity index is 2.92. The number of hydrogen-bond acceptors (Lipinski definition) is 5. The summed E-state index contributed by atoms with van der Waals surface area (Å²) in [4.78, 5) is 11.8. The molecule has 8 heteroatoms. The maximum absolute atomic E-state index is 13.3. The van der Waals surface area contributed by atoms with Crippen LogP contribution in [0.3, 0.4) is 0 Å². The normalized spacial score (nSPS) is 14.4. The van der Waals surface area contributed by atoms with E-state index in [9.17, 15) is 26.5 Å². The van der Waals surface area contributed by atoms with Crippen molar-refractivity contribution in [1.29, 1.82) is 0 Å². The average Bonchev–Trinajstić information content (AvgIpc) is 2.46. The molecule has 0 N–H and O–H groups in total. The molecule has 0 aliphatic carbocycles. The van der Waals surface area contributed by atoms with Crippen LogP contribution >= 0.6 is 0 Å².